The van der Waals surface area contributed by atoms with Crippen LogP contribution in [0, 0.1) is 0 Å². The molecule has 0 unspecified atom stereocenters. The molecule has 0 saturated heterocycles. The van der Waals surface area contributed by atoms with Gasteiger partial charge in [0.15, 0.2) is 0 Å². The van der Waals surface area contributed by atoms with Crippen LogP contribution < -0.4 is 5.32 Å². The highest BCUT2D eigenvalue weighted by molar-refractivity contribution is 5.79. The molecule has 0 atom stereocenters. The maximum absolute atomic E-state index is 10.7. The molecule has 64 valence electrons. The van der Waals surface area contributed by atoms with Crippen molar-refractivity contribution in [2.24, 2.45) is 0 Å². The predicted octanol–water partition coefficient (Wildman–Crippen LogP) is -0.399. The number of rotatable bonds is 5. The molecule has 4 nitrogen and oxygen atoms in total. The fourth-order valence-corrected chi connectivity index (χ4v) is 0.720. The van der Waals surface area contributed by atoms with Crippen LogP contribution in [-0.2, 0) is 9.59 Å². The summed E-state index contributed by atoms with van der Waals surface area (Å²) >= 11 is 0. The molecule has 0 spiro atoms. The normalized spacial score (nSPS) is 8.91. The third kappa shape index (κ3) is 4.36. The summed E-state index contributed by atoms with van der Waals surface area (Å²) in [6.07, 6.45) is 1.56. The van der Waals surface area contributed by atoms with E-state index in [1.54, 1.807) is 7.05 Å². The Balaban J connectivity index is 3.67. The van der Waals surface area contributed by atoms with Crippen molar-refractivity contribution in [1.29, 1.82) is 0 Å². The zero-order chi connectivity index (χ0) is 8.69. The molecule has 0 rings (SSSR count). The zero-order valence-corrected chi connectivity index (χ0v) is 6.96. The van der Waals surface area contributed by atoms with Gasteiger partial charge in [0.1, 0.15) is 0 Å². The second-order valence-electron chi connectivity index (χ2n) is 2.25. The van der Waals surface area contributed by atoms with E-state index in [2.05, 4.69) is 5.32 Å². The molecule has 0 aliphatic rings. The van der Waals surface area contributed by atoms with Gasteiger partial charge >= 0.3 is 0 Å². The number of nitrogens with one attached hydrogen (secondary N) is 1. The Bertz CT molecular complexity index is 136. The quantitative estimate of drug-likeness (QED) is 0.553. The molecule has 4 heteroatoms. The third-order valence-corrected chi connectivity index (χ3v) is 1.29. The first kappa shape index (κ1) is 9.94. The number of hydrogen-bond donors (Lipinski definition) is 1. The molecule has 0 heterocycles. The van der Waals surface area contributed by atoms with E-state index in [1.165, 1.54) is 4.90 Å². The fraction of sp³-hybridized carbons (Fsp3) is 0.714. The summed E-state index contributed by atoms with van der Waals surface area (Å²) in [7, 11) is 1.55. The van der Waals surface area contributed by atoms with Gasteiger partial charge in [0.2, 0.25) is 12.3 Å². The molecule has 2 amide bonds. The van der Waals surface area contributed by atoms with Crippen LogP contribution in [0.25, 0.3) is 0 Å². The lowest BCUT2D eigenvalue weighted by molar-refractivity contribution is -0.127. The van der Waals surface area contributed by atoms with Gasteiger partial charge in [0.05, 0.1) is 6.54 Å². The molecule has 11 heavy (non-hydrogen) atoms. The van der Waals surface area contributed by atoms with Crippen LogP contribution in [0.3, 0.4) is 0 Å². The lowest BCUT2D eigenvalue weighted by atomic mass is 10.4. The van der Waals surface area contributed by atoms with Gasteiger partial charge in [-0.1, -0.05) is 6.92 Å². The second kappa shape index (κ2) is 5.70. The SMILES string of the molecule is CCCN(C=O)CC(=O)NC. The largest absolute Gasteiger partial charge is 0.358 e. The molecule has 0 aromatic rings. The molecule has 0 bridgehead atoms. The number of likely N-dealkylation sites (N-methyl/N-ethyl adjacent to an activating group) is 1. The monoisotopic (exact) mass is 158 g/mol. The number of carbonyl (C=O) groups excluding carboxylic acids is 2. The summed E-state index contributed by atoms with van der Waals surface area (Å²) in [4.78, 5) is 22.5. The molecule has 0 aliphatic heterocycles. The van der Waals surface area contributed by atoms with Gasteiger partial charge in [0.25, 0.3) is 0 Å². The molecule has 0 aliphatic carbocycles. The van der Waals surface area contributed by atoms with Crippen LogP contribution >= 0.6 is 0 Å². The third-order valence-electron chi connectivity index (χ3n) is 1.29. The minimum atomic E-state index is -0.134. The zero-order valence-electron chi connectivity index (χ0n) is 6.96. The van der Waals surface area contributed by atoms with Crippen LogP contribution in [0.2, 0.25) is 0 Å². The predicted molar refractivity (Wildman–Crippen MR) is 42.0 cm³/mol. The summed E-state index contributed by atoms with van der Waals surface area (Å²) in [5.41, 5.74) is 0. The highest BCUT2D eigenvalue weighted by Crippen LogP contribution is 1.85. The topological polar surface area (TPSA) is 49.4 Å². The van der Waals surface area contributed by atoms with E-state index < -0.39 is 0 Å². The van der Waals surface area contributed by atoms with E-state index in [-0.39, 0.29) is 12.5 Å². The minimum absolute atomic E-state index is 0.134. The van der Waals surface area contributed by atoms with Gasteiger partial charge in [-0.15, -0.1) is 0 Å². The van der Waals surface area contributed by atoms with Crippen molar-refractivity contribution >= 4 is 12.3 Å². The Morgan fingerprint density at radius 3 is 2.64 bits per heavy atom. The molecule has 0 saturated carbocycles. The van der Waals surface area contributed by atoms with Crippen LogP contribution in [0.15, 0.2) is 0 Å². The van der Waals surface area contributed by atoms with E-state index in [4.69, 9.17) is 0 Å². The van der Waals surface area contributed by atoms with Gasteiger partial charge in [-0.25, -0.2) is 0 Å². The molecule has 0 aromatic carbocycles. The molecular weight excluding hydrogens is 144 g/mol. The number of amides is 2. The second-order valence-corrected chi connectivity index (χ2v) is 2.25. The van der Waals surface area contributed by atoms with Gasteiger partial charge < -0.3 is 10.2 Å². The standard InChI is InChI=1S/C7H14N2O2/c1-3-4-9(6-10)5-7(11)8-2/h6H,3-5H2,1-2H3,(H,8,11). The summed E-state index contributed by atoms with van der Waals surface area (Å²) in [5.74, 6) is -0.134. The average Bonchev–Trinajstić information content (AvgIpc) is 2.03. The smallest absolute Gasteiger partial charge is 0.239 e. The van der Waals surface area contributed by atoms with E-state index in [0.29, 0.717) is 13.0 Å². The summed E-state index contributed by atoms with van der Waals surface area (Å²) < 4.78 is 0. The van der Waals surface area contributed by atoms with Crippen molar-refractivity contribution in [1.82, 2.24) is 10.2 Å². The Kier molecular flexibility index (Phi) is 5.15. The lowest BCUT2D eigenvalue weighted by Crippen LogP contribution is -2.35. The summed E-state index contributed by atoms with van der Waals surface area (Å²) in [6.45, 7) is 2.76. The molecule has 0 fully saturated rings. The van der Waals surface area contributed by atoms with Crippen LogP contribution in [0.5, 0.6) is 0 Å². The summed E-state index contributed by atoms with van der Waals surface area (Å²) in [5, 5.41) is 2.45. The lowest BCUT2D eigenvalue weighted by Gasteiger charge is -2.14. The van der Waals surface area contributed by atoms with E-state index in [9.17, 15) is 9.59 Å². The van der Waals surface area contributed by atoms with Crippen molar-refractivity contribution in [3.8, 4) is 0 Å². The Hall–Kier alpha value is -1.06. The Morgan fingerprint density at radius 2 is 2.27 bits per heavy atom. The van der Waals surface area contributed by atoms with Crippen LogP contribution in [-0.4, -0.2) is 37.4 Å². The maximum atomic E-state index is 10.7. The first-order valence-corrected chi connectivity index (χ1v) is 3.64. The van der Waals surface area contributed by atoms with Crippen LogP contribution in [0.1, 0.15) is 13.3 Å². The van der Waals surface area contributed by atoms with Gasteiger partial charge in [-0.05, 0) is 6.42 Å². The van der Waals surface area contributed by atoms with Gasteiger partial charge in [-0.2, -0.15) is 0 Å². The average molecular weight is 158 g/mol. The van der Waals surface area contributed by atoms with Crippen molar-refractivity contribution in [3.05, 3.63) is 0 Å². The fourth-order valence-electron chi connectivity index (χ4n) is 0.720. The Morgan fingerprint density at radius 1 is 1.64 bits per heavy atom. The van der Waals surface area contributed by atoms with E-state index >= 15 is 0 Å². The first-order valence-electron chi connectivity index (χ1n) is 3.64. The van der Waals surface area contributed by atoms with E-state index in [1.807, 2.05) is 6.92 Å². The molecule has 1 N–H and O–H groups in total. The van der Waals surface area contributed by atoms with Crippen molar-refractivity contribution in [3.63, 3.8) is 0 Å². The van der Waals surface area contributed by atoms with Crippen molar-refractivity contribution in [2.75, 3.05) is 20.1 Å². The number of hydrogen-bond acceptors (Lipinski definition) is 2. The minimum Gasteiger partial charge on any atom is -0.358 e. The van der Waals surface area contributed by atoms with Gasteiger partial charge in [-0.3, -0.25) is 9.59 Å². The highest BCUT2D eigenvalue weighted by atomic mass is 16.2. The molecule has 0 radical (unpaired) electrons. The van der Waals surface area contributed by atoms with E-state index in [0.717, 1.165) is 6.42 Å². The van der Waals surface area contributed by atoms with Crippen molar-refractivity contribution in [2.45, 2.75) is 13.3 Å². The number of nitrogens with zero attached hydrogens (tertiary/aromatic N) is 1. The van der Waals surface area contributed by atoms with Crippen LogP contribution in [0.4, 0.5) is 0 Å². The van der Waals surface area contributed by atoms with Gasteiger partial charge in [0, 0.05) is 13.6 Å². The molecule has 0 aromatic heterocycles. The van der Waals surface area contributed by atoms with Crippen molar-refractivity contribution < 1.29 is 9.59 Å². The highest BCUT2D eigenvalue weighted by Gasteiger charge is 2.04. The maximum Gasteiger partial charge on any atom is 0.239 e. The number of carbonyl (C=O) groups is 2. The summed E-state index contributed by atoms with van der Waals surface area (Å²) in [6, 6.07) is 0. The molecular formula is C7H14N2O2. The first-order chi connectivity index (χ1) is 5.24. The Labute approximate surface area is 66.6 Å².